The maximum atomic E-state index is 12.6. The van der Waals surface area contributed by atoms with Crippen LogP contribution in [0, 0.1) is 0 Å². The summed E-state index contributed by atoms with van der Waals surface area (Å²) in [6, 6.07) is 6.59. The minimum absolute atomic E-state index is 0.0128. The van der Waals surface area contributed by atoms with E-state index in [1.807, 2.05) is 23.7 Å². The maximum Gasteiger partial charge on any atom is 0.253 e. The Labute approximate surface area is 157 Å². The number of aromatic nitrogens is 2. The maximum absolute atomic E-state index is 12.6. The molecule has 1 aromatic heterocycles. The highest BCUT2D eigenvalue weighted by Crippen LogP contribution is 2.18. The van der Waals surface area contributed by atoms with Crippen molar-refractivity contribution in [1.82, 2.24) is 20.0 Å². The molecule has 2 aromatic rings. The van der Waals surface area contributed by atoms with Gasteiger partial charge >= 0.3 is 0 Å². The van der Waals surface area contributed by atoms with Crippen molar-refractivity contribution >= 4 is 29.3 Å². The molecule has 0 bridgehead atoms. The molecule has 0 aliphatic carbocycles. The van der Waals surface area contributed by atoms with Gasteiger partial charge in [-0.25, -0.2) is 0 Å². The van der Waals surface area contributed by atoms with Crippen molar-refractivity contribution < 1.29 is 9.59 Å². The van der Waals surface area contributed by atoms with Gasteiger partial charge in [0.25, 0.3) is 5.91 Å². The third kappa shape index (κ3) is 4.25. The number of carbonyl (C=O) groups is 2. The lowest BCUT2D eigenvalue weighted by Gasteiger charge is -2.26. The first-order valence-corrected chi connectivity index (χ1v) is 9.67. The number of hydrogen-bond donors (Lipinski definition) is 2. The Morgan fingerprint density at radius 2 is 2.04 bits per heavy atom. The van der Waals surface area contributed by atoms with Crippen LogP contribution in [-0.2, 0) is 11.8 Å². The van der Waals surface area contributed by atoms with E-state index in [-0.39, 0.29) is 11.8 Å². The number of amides is 2. The molecule has 1 saturated heterocycles. The van der Waals surface area contributed by atoms with E-state index in [4.69, 9.17) is 0 Å². The third-order valence-electron chi connectivity index (χ3n) is 4.28. The topological polar surface area (TPSA) is 79.3 Å². The summed E-state index contributed by atoms with van der Waals surface area (Å²) >= 11 is 1.86. The van der Waals surface area contributed by atoms with E-state index in [2.05, 4.69) is 15.7 Å². The first kappa shape index (κ1) is 18.5. The number of thioether (sulfide) groups is 1. The Balaban J connectivity index is 1.71. The van der Waals surface area contributed by atoms with Gasteiger partial charge in [0, 0.05) is 54.7 Å². The van der Waals surface area contributed by atoms with E-state index < -0.39 is 6.04 Å². The second kappa shape index (κ2) is 8.37. The van der Waals surface area contributed by atoms with Crippen molar-refractivity contribution in [3.63, 3.8) is 0 Å². The third-order valence-corrected chi connectivity index (χ3v) is 5.23. The number of nitrogens with zero attached hydrogens (tertiary/aromatic N) is 3. The largest absolute Gasteiger partial charge is 0.337 e. The fraction of sp³-hybridized carbons (Fsp3) is 0.389. The summed E-state index contributed by atoms with van der Waals surface area (Å²) in [4.78, 5) is 27.1. The second-order valence-electron chi connectivity index (χ2n) is 6.14. The molecule has 1 aromatic carbocycles. The smallest absolute Gasteiger partial charge is 0.253 e. The summed E-state index contributed by atoms with van der Waals surface area (Å²) in [5.74, 6) is 1.76. The molecule has 2 N–H and O–H groups in total. The van der Waals surface area contributed by atoms with Gasteiger partial charge in [0.15, 0.2) is 0 Å². The SMILES string of the molecule is CNC(C(=O)Nc1cccc(C(=O)N2CCSCC2)c1)c1cnn(C)c1. The van der Waals surface area contributed by atoms with Gasteiger partial charge in [0.2, 0.25) is 5.91 Å². The number of aryl methyl sites for hydroxylation is 1. The van der Waals surface area contributed by atoms with Crippen LogP contribution in [0.1, 0.15) is 22.0 Å². The molecule has 7 nitrogen and oxygen atoms in total. The molecule has 1 atom stereocenters. The lowest BCUT2D eigenvalue weighted by atomic mass is 10.1. The Kier molecular flexibility index (Phi) is 5.95. The van der Waals surface area contributed by atoms with Crippen LogP contribution in [0.15, 0.2) is 36.7 Å². The van der Waals surface area contributed by atoms with Crippen LogP contribution < -0.4 is 10.6 Å². The van der Waals surface area contributed by atoms with Crippen LogP contribution in [0.2, 0.25) is 0 Å². The number of benzene rings is 1. The first-order chi connectivity index (χ1) is 12.6. The van der Waals surface area contributed by atoms with E-state index in [0.29, 0.717) is 11.3 Å². The van der Waals surface area contributed by atoms with Crippen LogP contribution >= 0.6 is 11.8 Å². The highest BCUT2D eigenvalue weighted by Gasteiger charge is 2.22. The molecule has 2 heterocycles. The summed E-state index contributed by atoms with van der Waals surface area (Å²) in [6.07, 6.45) is 3.46. The van der Waals surface area contributed by atoms with Crippen molar-refractivity contribution in [2.24, 2.45) is 7.05 Å². The molecule has 1 unspecified atom stereocenters. The van der Waals surface area contributed by atoms with Crippen LogP contribution in [0.4, 0.5) is 5.69 Å². The Hall–Kier alpha value is -2.32. The molecule has 138 valence electrons. The van der Waals surface area contributed by atoms with Crippen LogP contribution in [-0.4, -0.2) is 58.1 Å². The standard InChI is InChI=1S/C18H23N5O2S/c1-19-16(14-11-20-22(2)12-14)17(24)21-15-5-3-4-13(10-15)18(25)23-6-8-26-9-7-23/h3-5,10-12,16,19H,6-9H2,1-2H3,(H,21,24). The van der Waals surface area contributed by atoms with Gasteiger partial charge in [0.05, 0.1) is 6.20 Å². The Bertz CT molecular complexity index is 785. The first-order valence-electron chi connectivity index (χ1n) is 8.52. The number of rotatable bonds is 5. The van der Waals surface area contributed by atoms with Crippen molar-refractivity contribution in [2.75, 3.05) is 37.0 Å². The summed E-state index contributed by atoms with van der Waals surface area (Å²) in [5.41, 5.74) is 1.99. The molecule has 26 heavy (non-hydrogen) atoms. The molecule has 3 rings (SSSR count). The van der Waals surface area contributed by atoms with E-state index >= 15 is 0 Å². The van der Waals surface area contributed by atoms with Crippen molar-refractivity contribution in [1.29, 1.82) is 0 Å². The quantitative estimate of drug-likeness (QED) is 0.831. The monoisotopic (exact) mass is 373 g/mol. The molecular weight excluding hydrogens is 350 g/mol. The van der Waals surface area contributed by atoms with Crippen molar-refractivity contribution in [2.45, 2.75) is 6.04 Å². The lowest BCUT2D eigenvalue weighted by Crippen LogP contribution is -2.37. The zero-order valence-electron chi connectivity index (χ0n) is 14.9. The highest BCUT2D eigenvalue weighted by molar-refractivity contribution is 7.99. The van der Waals surface area contributed by atoms with Crippen molar-refractivity contribution in [3.05, 3.63) is 47.8 Å². The Morgan fingerprint density at radius 1 is 1.27 bits per heavy atom. The molecule has 0 radical (unpaired) electrons. The fourth-order valence-corrected chi connectivity index (χ4v) is 3.83. The van der Waals surface area contributed by atoms with Crippen LogP contribution in [0.25, 0.3) is 0 Å². The highest BCUT2D eigenvalue weighted by atomic mass is 32.2. The number of carbonyl (C=O) groups excluding carboxylic acids is 2. The van der Waals surface area contributed by atoms with Gasteiger partial charge < -0.3 is 15.5 Å². The summed E-state index contributed by atoms with van der Waals surface area (Å²) in [7, 11) is 3.54. The van der Waals surface area contributed by atoms with E-state index in [0.717, 1.165) is 30.2 Å². The fourth-order valence-electron chi connectivity index (χ4n) is 2.93. The van der Waals surface area contributed by atoms with Gasteiger partial charge in [0.1, 0.15) is 6.04 Å². The second-order valence-corrected chi connectivity index (χ2v) is 7.37. The van der Waals surface area contributed by atoms with Crippen LogP contribution in [0.3, 0.4) is 0 Å². The molecule has 2 amide bonds. The summed E-state index contributed by atoms with van der Waals surface area (Å²) < 4.78 is 1.66. The van der Waals surface area contributed by atoms with Gasteiger partial charge in [-0.1, -0.05) is 6.07 Å². The molecule has 0 saturated carbocycles. The predicted molar refractivity (Wildman–Crippen MR) is 103 cm³/mol. The number of likely N-dealkylation sites (N-methyl/N-ethyl adjacent to an activating group) is 1. The number of nitrogens with one attached hydrogen (secondary N) is 2. The minimum Gasteiger partial charge on any atom is -0.337 e. The number of hydrogen-bond acceptors (Lipinski definition) is 5. The lowest BCUT2D eigenvalue weighted by molar-refractivity contribution is -0.118. The predicted octanol–water partition coefficient (Wildman–Crippen LogP) is 1.51. The van der Waals surface area contributed by atoms with Gasteiger partial charge in [-0.3, -0.25) is 14.3 Å². The molecule has 1 fully saturated rings. The molecule has 1 aliphatic rings. The molecule has 1 aliphatic heterocycles. The van der Waals surface area contributed by atoms with Crippen LogP contribution in [0.5, 0.6) is 0 Å². The van der Waals surface area contributed by atoms with E-state index in [9.17, 15) is 9.59 Å². The zero-order valence-corrected chi connectivity index (χ0v) is 15.8. The molecule has 0 spiro atoms. The van der Waals surface area contributed by atoms with Gasteiger partial charge in [-0.2, -0.15) is 16.9 Å². The molecule has 8 heteroatoms. The van der Waals surface area contributed by atoms with E-state index in [1.54, 1.807) is 48.4 Å². The van der Waals surface area contributed by atoms with Crippen molar-refractivity contribution in [3.8, 4) is 0 Å². The van der Waals surface area contributed by atoms with Gasteiger partial charge in [-0.15, -0.1) is 0 Å². The molecular formula is C18H23N5O2S. The Morgan fingerprint density at radius 3 is 2.69 bits per heavy atom. The van der Waals surface area contributed by atoms with E-state index in [1.165, 1.54) is 0 Å². The average Bonchev–Trinajstić information content (AvgIpc) is 3.08. The minimum atomic E-state index is -0.512. The summed E-state index contributed by atoms with van der Waals surface area (Å²) in [6.45, 7) is 1.53. The average molecular weight is 373 g/mol. The zero-order chi connectivity index (χ0) is 18.5. The van der Waals surface area contributed by atoms with Gasteiger partial charge in [-0.05, 0) is 25.2 Å². The number of anilines is 1. The normalized spacial score (nSPS) is 15.5. The summed E-state index contributed by atoms with van der Waals surface area (Å²) in [5, 5.41) is 9.99.